The second-order valence-electron chi connectivity index (χ2n) is 2.78. The number of thioether (sulfide) groups is 1. The summed E-state index contributed by atoms with van der Waals surface area (Å²) in [6.07, 6.45) is -0.282. The monoisotopic (exact) mass is 217 g/mol. The molecule has 0 saturated carbocycles. The number of hydrogen-bond donors (Lipinski definition) is 2. The third-order valence-electron chi connectivity index (χ3n) is 1.64. The molecule has 1 aromatic heterocycles. The number of nitrogens with zero attached hydrogens (tertiary/aromatic N) is 2. The molecule has 0 amide bonds. The average Bonchev–Trinajstić information content (AvgIpc) is 2.63. The van der Waals surface area contributed by atoms with E-state index in [1.807, 2.05) is 0 Å². The fraction of sp³-hybridized carbons (Fsp3) is 0.750. The fourth-order valence-electron chi connectivity index (χ4n) is 0.936. The van der Waals surface area contributed by atoms with Crippen LogP contribution in [0.4, 0.5) is 0 Å². The second-order valence-corrected chi connectivity index (χ2v) is 4.05. The molecule has 0 aliphatic rings. The average molecular weight is 217 g/mol. The molecule has 0 saturated heterocycles. The first-order chi connectivity index (χ1) is 6.77. The van der Waals surface area contributed by atoms with Crippen LogP contribution < -0.4 is 5.73 Å². The first-order valence-corrected chi connectivity index (χ1v) is 5.71. The van der Waals surface area contributed by atoms with Gasteiger partial charge in [-0.2, -0.15) is 16.7 Å². The molecule has 0 unspecified atom stereocenters. The maximum absolute atomic E-state index is 9.48. The lowest BCUT2D eigenvalue weighted by Gasteiger charge is -2.00. The molecule has 3 N–H and O–H groups in total. The predicted octanol–water partition coefficient (Wildman–Crippen LogP) is 0.705. The largest absolute Gasteiger partial charge is 0.383 e. The lowest BCUT2D eigenvalue weighted by molar-refractivity contribution is 0.127. The van der Waals surface area contributed by atoms with Gasteiger partial charge in [0.05, 0.1) is 5.75 Å². The van der Waals surface area contributed by atoms with Crippen molar-refractivity contribution in [3.8, 4) is 0 Å². The summed E-state index contributed by atoms with van der Waals surface area (Å²) in [5.74, 6) is 2.62. The highest BCUT2D eigenvalue weighted by Gasteiger charge is 2.14. The van der Waals surface area contributed by atoms with Crippen molar-refractivity contribution >= 4 is 11.8 Å². The van der Waals surface area contributed by atoms with Gasteiger partial charge < -0.3 is 15.4 Å². The summed E-state index contributed by atoms with van der Waals surface area (Å²) in [6.45, 7) is 2.47. The van der Waals surface area contributed by atoms with Gasteiger partial charge in [-0.15, -0.1) is 0 Å². The van der Waals surface area contributed by atoms with Crippen molar-refractivity contribution in [3.05, 3.63) is 11.7 Å². The van der Waals surface area contributed by atoms with E-state index < -0.39 is 6.10 Å². The Morgan fingerprint density at radius 1 is 1.64 bits per heavy atom. The Morgan fingerprint density at radius 2 is 2.43 bits per heavy atom. The minimum atomic E-state index is -0.729. The van der Waals surface area contributed by atoms with Crippen LogP contribution in [-0.4, -0.2) is 27.5 Å². The van der Waals surface area contributed by atoms with E-state index in [9.17, 15) is 5.11 Å². The number of aliphatic hydroxyl groups is 1. The smallest absolute Gasteiger partial charge is 0.255 e. The maximum Gasteiger partial charge on any atom is 0.255 e. The van der Waals surface area contributed by atoms with Crippen LogP contribution in [0, 0.1) is 0 Å². The minimum Gasteiger partial charge on any atom is -0.383 e. The van der Waals surface area contributed by atoms with E-state index in [2.05, 4.69) is 17.1 Å². The van der Waals surface area contributed by atoms with Gasteiger partial charge in [0, 0.05) is 0 Å². The van der Waals surface area contributed by atoms with Crippen molar-refractivity contribution in [1.82, 2.24) is 10.1 Å². The molecule has 1 rings (SSSR count). The Bertz CT molecular complexity index is 267. The molecule has 1 heterocycles. The number of rotatable bonds is 6. The molecule has 0 aliphatic carbocycles. The first kappa shape index (κ1) is 11.5. The summed E-state index contributed by atoms with van der Waals surface area (Å²) in [6, 6.07) is 0. The minimum absolute atomic E-state index is 0.266. The van der Waals surface area contributed by atoms with Gasteiger partial charge in [-0.05, 0) is 18.7 Å². The Morgan fingerprint density at radius 3 is 3.07 bits per heavy atom. The number of aromatic nitrogens is 2. The van der Waals surface area contributed by atoms with E-state index in [1.165, 1.54) is 0 Å². The standard InChI is InChI=1S/C8H15N3O2S/c1-2-14-5-7-10-8(13-11-7)6(12)3-4-9/h6,12H,2-5,9H2,1H3/t6-/m0/s1. The van der Waals surface area contributed by atoms with Crippen LogP contribution in [0.15, 0.2) is 4.52 Å². The van der Waals surface area contributed by atoms with E-state index in [4.69, 9.17) is 10.3 Å². The van der Waals surface area contributed by atoms with Gasteiger partial charge in [-0.25, -0.2) is 0 Å². The quantitative estimate of drug-likeness (QED) is 0.729. The van der Waals surface area contributed by atoms with Crippen LogP contribution >= 0.6 is 11.8 Å². The summed E-state index contributed by atoms with van der Waals surface area (Å²) >= 11 is 1.71. The molecule has 0 aliphatic heterocycles. The van der Waals surface area contributed by atoms with Crippen molar-refractivity contribution in [1.29, 1.82) is 0 Å². The van der Waals surface area contributed by atoms with E-state index in [-0.39, 0.29) is 5.89 Å². The van der Waals surface area contributed by atoms with Crippen LogP contribution in [0.1, 0.15) is 31.2 Å². The third kappa shape index (κ3) is 3.28. The highest BCUT2D eigenvalue weighted by molar-refractivity contribution is 7.98. The molecule has 1 atom stereocenters. The zero-order valence-electron chi connectivity index (χ0n) is 8.14. The Balaban J connectivity index is 2.49. The molecular formula is C8H15N3O2S. The topological polar surface area (TPSA) is 85.2 Å². The van der Waals surface area contributed by atoms with Gasteiger partial charge in [-0.3, -0.25) is 0 Å². The summed E-state index contributed by atoms with van der Waals surface area (Å²) in [7, 11) is 0. The van der Waals surface area contributed by atoms with Crippen molar-refractivity contribution in [2.45, 2.75) is 25.2 Å². The molecule has 0 fully saturated rings. The van der Waals surface area contributed by atoms with E-state index in [1.54, 1.807) is 11.8 Å². The van der Waals surface area contributed by atoms with E-state index in [0.29, 0.717) is 18.8 Å². The van der Waals surface area contributed by atoms with Crippen LogP contribution in [-0.2, 0) is 5.75 Å². The lowest BCUT2D eigenvalue weighted by Crippen LogP contribution is -2.06. The molecule has 0 aromatic carbocycles. The molecule has 0 radical (unpaired) electrons. The van der Waals surface area contributed by atoms with E-state index in [0.717, 1.165) is 11.5 Å². The summed E-state index contributed by atoms with van der Waals surface area (Å²) < 4.78 is 4.90. The van der Waals surface area contributed by atoms with E-state index >= 15 is 0 Å². The molecule has 0 bridgehead atoms. The number of nitrogens with two attached hydrogens (primary N) is 1. The fourth-order valence-corrected chi connectivity index (χ4v) is 1.44. The molecule has 80 valence electrons. The zero-order valence-corrected chi connectivity index (χ0v) is 8.96. The molecule has 5 nitrogen and oxygen atoms in total. The maximum atomic E-state index is 9.48. The van der Waals surface area contributed by atoms with Gasteiger partial charge in [0.15, 0.2) is 5.82 Å². The van der Waals surface area contributed by atoms with Gasteiger partial charge in [0.25, 0.3) is 5.89 Å². The summed E-state index contributed by atoms with van der Waals surface area (Å²) in [5.41, 5.74) is 5.30. The molecule has 14 heavy (non-hydrogen) atoms. The number of aliphatic hydroxyl groups excluding tert-OH is 1. The normalized spacial score (nSPS) is 13.1. The lowest BCUT2D eigenvalue weighted by atomic mass is 10.2. The number of hydrogen-bond acceptors (Lipinski definition) is 6. The van der Waals surface area contributed by atoms with Gasteiger partial charge in [-0.1, -0.05) is 12.1 Å². The zero-order chi connectivity index (χ0) is 10.4. The SMILES string of the molecule is CCSCc1noc([C@@H](O)CCN)n1. The van der Waals surface area contributed by atoms with Gasteiger partial charge in [0.2, 0.25) is 0 Å². The van der Waals surface area contributed by atoms with Crippen molar-refractivity contribution in [2.75, 3.05) is 12.3 Å². The van der Waals surface area contributed by atoms with Gasteiger partial charge >= 0.3 is 0 Å². The first-order valence-electron chi connectivity index (χ1n) is 4.56. The highest BCUT2D eigenvalue weighted by atomic mass is 32.2. The Labute approximate surface area is 87.1 Å². The van der Waals surface area contributed by atoms with Gasteiger partial charge in [0.1, 0.15) is 6.10 Å². The van der Waals surface area contributed by atoms with Crippen LogP contribution in [0.3, 0.4) is 0 Å². The predicted molar refractivity (Wildman–Crippen MR) is 54.8 cm³/mol. The molecular weight excluding hydrogens is 202 g/mol. The molecule has 6 heteroatoms. The third-order valence-corrected chi connectivity index (χ3v) is 2.51. The molecule has 0 spiro atoms. The summed E-state index contributed by atoms with van der Waals surface area (Å²) in [5, 5.41) is 13.2. The Hall–Kier alpha value is -0.590. The summed E-state index contributed by atoms with van der Waals surface area (Å²) in [4.78, 5) is 4.06. The van der Waals surface area contributed by atoms with Crippen molar-refractivity contribution in [3.63, 3.8) is 0 Å². The van der Waals surface area contributed by atoms with Crippen LogP contribution in [0.5, 0.6) is 0 Å². The Kier molecular flexibility index (Phi) is 4.92. The van der Waals surface area contributed by atoms with Crippen LogP contribution in [0.25, 0.3) is 0 Å². The van der Waals surface area contributed by atoms with Crippen molar-refractivity contribution in [2.24, 2.45) is 5.73 Å². The molecule has 1 aromatic rings. The second kappa shape index (κ2) is 6.00. The highest BCUT2D eigenvalue weighted by Crippen LogP contribution is 2.15. The van der Waals surface area contributed by atoms with Crippen molar-refractivity contribution < 1.29 is 9.63 Å². The van der Waals surface area contributed by atoms with Crippen LogP contribution in [0.2, 0.25) is 0 Å².